The Bertz CT molecular complexity index is 659. The van der Waals surface area contributed by atoms with Gasteiger partial charge >= 0.3 is 0 Å². The number of ether oxygens (including phenoxy) is 1. The Hall–Kier alpha value is -2.28. The molecule has 94 valence electrons. The van der Waals surface area contributed by atoms with Gasteiger partial charge in [-0.25, -0.2) is 0 Å². The number of benzene rings is 3. The van der Waals surface area contributed by atoms with Crippen LogP contribution >= 0.6 is 0 Å². The Morgan fingerprint density at radius 1 is 0.684 bits per heavy atom. The van der Waals surface area contributed by atoms with E-state index in [0.717, 1.165) is 12.2 Å². The molecule has 19 heavy (non-hydrogen) atoms. The molecule has 0 aliphatic rings. The summed E-state index contributed by atoms with van der Waals surface area (Å²) in [5.41, 5.74) is 1.31. The summed E-state index contributed by atoms with van der Waals surface area (Å²) in [6.45, 7) is 0.711. The molecule has 1 nitrogen and oxygen atoms in total. The fraction of sp³-hybridized carbons (Fsp3) is 0.111. The summed E-state index contributed by atoms with van der Waals surface area (Å²) in [4.78, 5) is 0. The lowest BCUT2D eigenvalue weighted by atomic mass is 10.1. The highest BCUT2D eigenvalue weighted by Gasteiger charge is 1.97. The maximum atomic E-state index is 5.72. The second-order valence-corrected chi connectivity index (χ2v) is 4.59. The Balaban J connectivity index is 1.65. The van der Waals surface area contributed by atoms with Gasteiger partial charge in [0.15, 0.2) is 0 Å². The lowest BCUT2D eigenvalue weighted by molar-refractivity contribution is 0.322. The predicted molar refractivity (Wildman–Crippen MR) is 79.6 cm³/mol. The van der Waals surface area contributed by atoms with E-state index >= 15 is 0 Å². The van der Waals surface area contributed by atoms with Gasteiger partial charge in [-0.05, 0) is 28.5 Å². The zero-order valence-corrected chi connectivity index (χ0v) is 10.8. The molecule has 3 aromatic carbocycles. The molecule has 0 atom stereocenters. The van der Waals surface area contributed by atoms with Crippen molar-refractivity contribution in [1.82, 2.24) is 0 Å². The molecule has 0 fully saturated rings. The highest BCUT2D eigenvalue weighted by Crippen LogP contribution is 2.16. The van der Waals surface area contributed by atoms with Gasteiger partial charge in [0.1, 0.15) is 5.75 Å². The number of hydrogen-bond donors (Lipinski definition) is 0. The van der Waals surface area contributed by atoms with Crippen LogP contribution in [-0.4, -0.2) is 6.61 Å². The third-order valence-corrected chi connectivity index (χ3v) is 3.22. The van der Waals surface area contributed by atoms with Crippen molar-refractivity contribution < 1.29 is 4.74 Å². The molecular formula is C18H16O. The van der Waals surface area contributed by atoms with Gasteiger partial charge in [0.05, 0.1) is 6.61 Å². The lowest BCUT2D eigenvalue weighted by Gasteiger charge is -2.07. The smallest absolute Gasteiger partial charge is 0.119 e. The zero-order chi connectivity index (χ0) is 12.9. The first-order valence-electron chi connectivity index (χ1n) is 6.57. The summed E-state index contributed by atoms with van der Waals surface area (Å²) in [7, 11) is 0. The molecule has 0 saturated carbocycles. The van der Waals surface area contributed by atoms with Gasteiger partial charge in [-0.15, -0.1) is 0 Å². The minimum atomic E-state index is 0.711. The van der Waals surface area contributed by atoms with E-state index in [9.17, 15) is 0 Å². The minimum Gasteiger partial charge on any atom is -0.493 e. The monoisotopic (exact) mass is 248 g/mol. The van der Waals surface area contributed by atoms with Gasteiger partial charge in [0, 0.05) is 6.42 Å². The Morgan fingerprint density at radius 3 is 2.26 bits per heavy atom. The van der Waals surface area contributed by atoms with Crippen molar-refractivity contribution in [3.8, 4) is 5.75 Å². The maximum Gasteiger partial charge on any atom is 0.119 e. The predicted octanol–water partition coefficient (Wildman–Crippen LogP) is 4.46. The van der Waals surface area contributed by atoms with Crippen LogP contribution in [0.5, 0.6) is 5.75 Å². The van der Waals surface area contributed by atoms with E-state index in [4.69, 9.17) is 4.74 Å². The first kappa shape index (κ1) is 11.8. The fourth-order valence-corrected chi connectivity index (χ4v) is 2.20. The van der Waals surface area contributed by atoms with E-state index in [0.29, 0.717) is 6.61 Å². The molecule has 0 aliphatic carbocycles. The van der Waals surface area contributed by atoms with Gasteiger partial charge in [0.2, 0.25) is 0 Å². The van der Waals surface area contributed by atoms with Crippen molar-refractivity contribution in [3.63, 3.8) is 0 Å². The summed E-state index contributed by atoms with van der Waals surface area (Å²) in [5.74, 6) is 0.934. The highest BCUT2D eigenvalue weighted by molar-refractivity contribution is 5.82. The van der Waals surface area contributed by atoms with E-state index in [1.165, 1.54) is 16.3 Å². The van der Waals surface area contributed by atoms with Crippen molar-refractivity contribution in [2.45, 2.75) is 6.42 Å². The SMILES string of the molecule is c1ccc(OCCc2ccc3ccccc3c2)cc1. The van der Waals surface area contributed by atoms with Gasteiger partial charge in [-0.1, -0.05) is 60.7 Å². The molecule has 0 aromatic heterocycles. The van der Waals surface area contributed by atoms with Crippen molar-refractivity contribution in [1.29, 1.82) is 0 Å². The maximum absolute atomic E-state index is 5.72. The largest absolute Gasteiger partial charge is 0.493 e. The van der Waals surface area contributed by atoms with Crippen molar-refractivity contribution in [2.24, 2.45) is 0 Å². The fourth-order valence-electron chi connectivity index (χ4n) is 2.20. The second kappa shape index (κ2) is 5.57. The van der Waals surface area contributed by atoms with Crippen LogP contribution in [0.1, 0.15) is 5.56 Å². The molecular weight excluding hydrogens is 232 g/mol. The van der Waals surface area contributed by atoms with Crippen LogP contribution in [0.15, 0.2) is 72.8 Å². The average molecular weight is 248 g/mol. The quantitative estimate of drug-likeness (QED) is 0.662. The molecule has 0 radical (unpaired) electrons. The van der Waals surface area contributed by atoms with Crippen LogP contribution < -0.4 is 4.74 Å². The third-order valence-electron chi connectivity index (χ3n) is 3.22. The summed E-state index contributed by atoms with van der Waals surface area (Å²) in [6.07, 6.45) is 0.930. The van der Waals surface area contributed by atoms with Crippen LogP contribution in [0, 0.1) is 0 Å². The van der Waals surface area contributed by atoms with E-state index in [1.54, 1.807) is 0 Å². The van der Waals surface area contributed by atoms with Crippen LogP contribution in [0.2, 0.25) is 0 Å². The number of fused-ring (bicyclic) bond motifs is 1. The molecule has 0 N–H and O–H groups in total. The van der Waals surface area contributed by atoms with Crippen LogP contribution in [0.4, 0.5) is 0 Å². The van der Waals surface area contributed by atoms with Crippen LogP contribution in [0.25, 0.3) is 10.8 Å². The Kier molecular flexibility index (Phi) is 3.46. The summed E-state index contributed by atoms with van der Waals surface area (Å²) >= 11 is 0. The molecule has 0 amide bonds. The van der Waals surface area contributed by atoms with E-state index in [2.05, 4.69) is 42.5 Å². The first-order chi connectivity index (χ1) is 9.42. The zero-order valence-electron chi connectivity index (χ0n) is 10.8. The molecule has 0 heterocycles. The number of hydrogen-bond acceptors (Lipinski definition) is 1. The van der Waals surface area contributed by atoms with E-state index in [-0.39, 0.29) is 0 Å². The molecule has 0 spiro atoms. The Morgan fingerprint density at radius 2 is 1.42 bits per heavy atom. The van der Waals surface area contributed by atoms with Gasteiger partial charge < -0.3 is 4.74 Å². The van der Waals surface area contributed by atoms with Crippen LogP contribution in [-0.2, 0) is 6.42 Å². The van der Waals surface area contributed by atoms with Crippen molar-refractivity contribution in [2.75, 3.05) is 6.61 Å². The summed E-state index contributed by atoms with van der Waals surface area (Å²) in [6, 6.07) is 25.0. The first-order valence-corrected chi connectivity index (χ1v) is 6.57. The Labute approximate surface area is 113 Å². The van der Waals surface area contributed by atoms with Crippen LogP contribution in [0.3, 0.4) is 0 Å². The molecule has 0 saturated heterocycles. The van der Waals surface area contributed by atoms with Gasteiger partial charge in [-0.2, -0.15) is 0 Å². The molecule has 3 rings (SSSR count). The van der Waals surface area contributed by atoms with Gasteiger partial charge in [-0.3, -0.25) is 0 Å². The number of rotatable bonds is 4. The summed E-state index contributed by atoms with van der Waals surface area (Å²) < 4.78 is 5.72. The molecule has 0 bridgehead atoms. The van der Waals surface area contributed by atoms with Crippen molar-refractivity contribution >= 4 is 10.8 Å². The van der Waals surface area contributed by atoms with Gasteiger partial charge in [0.25, 0.3) is 0 Å². The third kappa shape index (κ3) is 2.94. The number of para-hydroxylation sites is 1. The van der Waals surface area contributed by atoms with E-state index < -0.39 is 0 Å². The van der Waals surface area contributed by atoms with Crippen molar-refractivity contribution in [3.05, 3.63) is 78.4 Å². The minimum absolute atomic E-state index is 0.711. The average Bonchev–Trinajstić information content (AvgIpc) is 2.48. The normalized spacial score (nSPS) is 10.5. The lowest BCUT2D eigenvalue weighted by Crippen LogP contribution is -2.01. The second-order valence-electron chi connectivity index (χ2n) is 4.59. The molecule has 0 aliphatic heterocycles. The highest BCUT2D eigenvalue weighted by atomic mass is 16.5. The summed E-state index contributed by atoms with van der Waals surface area (Å²) in [5, 5.41) is 2.58. The molecule has 0 unspecified atom stereocenters. The standard InChI is InChI=1S/C18H16O/c1-2-8-18(9-3-1)19-13-12-15-10-11-16-6-4-5-7-17(16)14-15/h1-11,14H,12-13H2. The molecule has 1 heteroatoms. The van der Waals surface area contributed by atoms with E-state index in [1.807, 2.05) is 30.3 Å². The molecule has 3 aromatic rings. The topological polar surface area (TPSA) is 9.23 Å².